The van der Waals surface area contributed by atoms with Crippen LogP contribution in [0.2, 0.25) is 0 Å². The smallest absolute Gasteiger partial charge is 0.191 e. The number of nitrogens with zero attached hydrogens (tertiary/aromatic N) is 2. The Labute approximate surface area is 152 Å². The summed E-state index contributed by atoms with van der Waals surface area (Å²) >= 11 is 0. The van der Waals surface area contributed by atoms with E-state index in [0.717, 1.165) is 58.4 Å². The molecule has 2 saturated heterocycles. The Hall–Kier alpha value is -0.890. The molecule has 7 nitrogen and oxygen atoms in total. The maximum absolute atomic E-state index is 5.89. The molecule has 2 fully saturated rings. The maximum atomic E-state index is 5.89. The number of aliphatic imine (C=N–C) groups is 1. The summed E-state index contributed by atoms with van der Waals surface area (Å²) < 4.78 is 16.8. The molecular formula is C18H36N4O3. The fourth-order valence-electron chi connectivity index (χ4n) is 3.24. The molecule has 146 valence electrons. The van der Waals surface area contributed by atoms with Gasteiger partial charge < -0.3 is 24.8 Å². The monoisotopic (exact) mass is 356 g/mol. The lowest BCUT2D eigenvalue weighted by Gasteiger charge is -2.37. The van der Waals surface area contributed by atoms with Gasteiger partial charge in [0.15, 0.2) is 5.96 Å². The van der Waals surface area contributed by atoms with E-state index >= 15 is 0 Å². The minimum absolute atomic E-state index is 0.205. The van der Waals surface area contributed by atoms with Crippen LogP contribution < -0.4 is 10.6 Å². The summed E-state index contributed by atoms with van der Waals surface area (Å²) in [5.41, 5.74) is 0. The third-order valence-corrected chi connectivity index (χ3v) is 4.70. The zero-order valence-corrected chi connectivity index (χ0v) is 16.3. The van der Waals surface area contributed by atoms with Crippen LogP contribution >= 0.6 is 0 Å². The number of rotatable bonds is 8. The van der Waals surface area contributed by atoms with E-state index in [1.807, 2.05) is 0 Å². The van der Waals surface area contributed by atoms with Crippen molar-refractivity contribution in [2.45, 2.75) is 58.3 Å². The van der Waals surface area contributed by atoms with Crippen LogP contribution in [0, 0.1) is 0 Å². The highest BCUT2D eigenvalue weighted by molar-refractivity contribution is 5.80. The maximum Gasteiger partial charge on any atom is 0.191 e. The molecule has 0 spiro atoms. The zero-order valence-electron chi connectivity index (χ0n) is 16.3. The van der Waals surface area contributed by atoms with Crippen molar-refractivity contribution in [3.8, 4) is 0 Å². The van der Waals surface area contributed by atoms with Crippen LogP contribution in [0.4, 0.5) is 0 Å². The summed E-state index contributed by atoms with van der Waals surface area (Å²) in [7, 11) is 0. The Morgan fingerprint density at radius 1 is 1.28 bits per heavy atom. The normalized spacial score (nSPS) is 27.9. The number of ether oxygens (including phenoxy) is 3. The predicted octanol–water partition coefficient (Wildman–Crippen LogP) is 0.845. The summed E-state index contributed by atoms with van der Waals surface area (Å²) in [6.45, 7) is 15.1. The second-order valence-electron chi connectivity index (χ2n) is 7.09. The first-order valence-electron chi connectivity index (χ1n) is 9.67. The molecule has 7 heteroatoms. The Bertz CT molecular complexity index is 402. The highest BCUT2D eigenvalue weighted by Crippen LogP contribution is 2.11. The average Bonchev–Trinajstić information content (AvgIpc) is 3.12. The van der Waals surface area contributed by atoms with E-state index in [2.05, 4.69) is 43.2 Å². The van der Waals surface area contributed by atoms with Gasteiger partial charge in [0, 0.05) is 37.8 Å². The number of morpholine rings is 1. The lowest BCUT2D eigenvalue weighted by Crippen LogP contribution is -2.50. The standard InChI is InChI=1S/C18H36N4O3/c1-5-19-18(21-14(2)11-25-17-6-8-23-13-17)20-10-15(3)22-7-9-24-12-16(22)4/h14-17H,5-13H2,1-4H3,(H2,19,20,21). The van der Waals surface area contributed by atoms with E-state index in [0.29, 0.717) is 18.7 Å². The fraction of sp³-hybridized carbons (Fsp3) is 0.944. The van der Waals surface area contributed by atoms with Gasteiger partial charge in [-0.2, -0.15) is 0 Å². The second-order valence-corrected chi connectivity index (χ2v) is 7.09. The minimum atomic E-state index is 0.205. The van der Waals surface area contributed by atoms with Gasteiger partial charge in [0.25, 0.3) is 0 Å². The SMILES string of the molecule is CCNC(=NCC(C)N1CCOCC1C)NC(C)COC1CCOC1. The van der Waals surface area contributed by atoms with Crippen molar-refractivity contribution in [3.63, 3.8) is 0 Å². The van der Waals surface area contributed by atoms with Crippen LogP contribution in [0.25, 0.3) is 0 Å². The van der Waals surface area contributed by atoms with Crippen LogP contribution in [0.3, 0.4) is 0 Å². The van der Waals surface area contributed by atoms with Gasteiger partial charge in [0.05, 0.1) is 39.1 Å². The van der Waals surface area contributed by atoms with Crippen molar-refractivity contribution < 1.29 is 14.2 Å². The molecule has 0 saturated carbocycles. The predicted molar refractivity (Wildman–Crippen MR) is 100 cm³/mol. The van der Waals surface area contributed by atoms with Crippen LogP contribution in [-0.4, -0.2) is 87.8 Å². The van der Waals surface area contributed by atoms with E-state index in [9.17, 15) is 0 Å². The van der Waals surface area contributed by atoms with E-state index in [1.165, 1.54) is 0 Å². The molecule has 0 aromatic rings. The largest absolute Gasteiger partial charge is 0.379 e. The van der Waals surface area contributed by atoms with Gasteiger partial charge >= 0.3 is 0 Å². The van der Waals surface area contributed by atoms with Gasteiger partial charge in [-0.3, -0.25) is 9.89 Å². The lowest BCUT2D eigenvalue weighted by molar-refractivity contribution is -0.0166. The zero-order chi connectivity index (χ0) is 18.1. The summed E-state index contributed by atoms with van der Waals surface area (Å²) in [5, 5.41) is 6.77. The molecule has 2 N–H and O–H groups in total. The van der Waals surface area contributed by atoms with E-state index in [4.69, 9.17) is 19.2 Å². The van der Waals surface area contributed by atoms with Crippen molar-refractivity contribution in [1.82, 2.24) is 15.5 Å². The van der Waals surface area contributed by atoms with Crippen molar-refractivity contribution in [1.29, 1.82) is 0 Å². The van der Waals surface area contributed by atoms with Gasteiger partial charge in [-0.15, -0.1) is 0 Å². The first-order chi connectivity index (χ1) is 12.1. The summed E-state index contributed by atoms with van der Waals surface area (Å²) in [4.78, 5) is 7.25. The molecule has 4 unspecified atom stereocenters. The third-order valence-electron chi connectivity index (χ3n) is 4.70. The van der Waals surface area contributed by atoms with Crippen LogP contribution in [0.15, 0.2) is 4.99 Å². The highest BCUT2D eigenvalue weighted by Gasteiger charge is 2.23. The first-order valence-corrected chi connectivity index (χ1v) is 9.67. The molecule has 0 aliphatic carbocycles. The third kappa shape index (κ3) is 7.09. The Kier molecular flexibility index (Phi) is 8.95. The van der Waals surface area contributed by atoms with Crippen LogP contribution in [0.5, 0.6) is 0 Å². The molecule has 2 heterocycles. The quantitative estimate of drug-likeness (QED) is 0.496. The summed E-state index contributed by atoms with van der Waals surface area (Å²) in [6.07, 6.45) is 1.24. The molecule has 0 aromatic carbocycles. The second kappa shape index (κ2) is 11.0. The van der Waals surface area contributed by atoms with Crippen molar-refractivity contribution in [3.05, 3.63) is 0 Å². The van der Waals surface area contributed by atoms with Crippen molar-refractivity contribution in [2.24, 2.45) is 4.99 Å². The van der Waals surface area contributed by atoms with Gasteiger partial charge in [0.2, 0.25) is 0 Å². The molecular weight excluding hydrogens is 320 g/mol. The van der Waals surface area contributed by atoms with Crippen LogP contribution in [-0.2, 0) is 14.2 Å². The number of hydrogen-bond donors (Lipinski definition) is 2. The molecule has 0 aromatic heterocycles. The highest BCUT2D eigenvalue weighted by atomic mass is 16.5. The molecule has 0 radical (unpaired) electrons. The lowest BCUT2D eigenvalue weighted by atomic mass is 10.2. The molecule has 2 aliphatic rings. The molecule has 2 aliphatic heterocycles. The van der Waals surface area contributed by atoms with E-state index < -0.39 is 0 Å². The average molecular weight is 357 g/mol. The Morgan fingerprint density at radius 3 is 2.76 bits per heavy atom. The summed E-state index contributed by atoms with van der Waals surface area (Å²) in [6, 6.07) is 1.06. The van der Waals surface area contributed by atoms with Crippen molar-refractivity contribution >= 4 is 5.96 Å². The van der Waals surface area contributed by atoms with E-state index in [-0.39, 0.29) is 12.1 Å². The van der Waals surface area contributed by atoms with Crippen molar-refractivity contribution in [2.75, 3.05) is 52.7 Å². The van der Waals surface area contributed by atoms with Gasteiger partial charge in [-0.05, 0) is 34.1 Å². The fourth-order valence-corrected chi connectivity index (χ4v) is 3.24. The molecule has 0 bridgehead atoms. The van der Waals surface area contributed by atoms with Crippen LogP contribution in [0.1, 0.15) is 34.1 Å². The Balaban J connectivity index is 1.77. The first kappa shape index (κ1) is 20.4. The molecule has 0 amide bonds. The van der Waals surface area contributed by atoms with Gasteiger partial charge in [0.1, 0.15) is 0 Å². The molecule has 2 rings (SSSR count). The molecule has 4 atom stereocenters. The number of nitrogens with one attached hydrogen (secondary N) is 2. The van der Waals surface area contributed by atoms with Gasteiger partial charge in [-0.1, -0.05) is 0 Å². The number of guanidine groups is 1. The molecule has 25 heavy (non-hydrogen) atoms. The van der Waals surface area contributed by atoms with Gasteiger partial charge in [-0.25, -0.2) is 0 Å². The summed E-state index contributed by atoms with van der Waals surface area (Å²) in [5.74, 6) is 0.856. The van der Waals surface area contributed by atoms with E-state index in [1.54, 1.807) is 0 Å². The topological polar surface area (TPSA) is 67.4 Å². The Morgan fingerprint density at radius 2 is 2.08 bits per heavy atom. The number of hydrogen-bond acceptors (Lipinski definition) is 5. The minimum Gasteiger partial charge on any atom is -0.379 e.